The normalized spacial score (nSPS) is 10.8. The molecule has 0 saturated carbocycles. The maximum absolute atomic E-state index is 6.02. The Morgan fingerprint density at radius 3 is 2.62 bits per heavy atom. The number of hydrogen-bond acceptors (Lipinski definition) is 1. The Kier molecular flexibility index (Phi) is 4.43. The summed E-state index contributed by atoms with van der Waals surface area (Å²) in [6.45, 7) is 4.31. The lowest BCUT2D eigenvalue weighted by Gasteiger charge is -2.10. The van der Waals surface area contributed by atoms with Gasteiger partial charge in [-0.3, -0.25) is 0 Å². The van der Waals surface area contributed by atoms with Gasteiger partial charge in [-0.1, -0.05) is 31.5 Å². The quantitative estimate of drug-likeness (QED) is 0.545. The minimum absolute atomic E-state index is 0.481. The molecule has 0 nitrogen and oxygen atoms in total. The topological polar surface area (TPSA) is 0 Å². The van der Waals surface area contributed by atoms with Crippen molar-refractivity contribution in [1.82, 2.24) is 0 Å². The summed E-state index contributed by atoms with van der Waals surface area (Å²) in [5.41, 5.74) is 1.05. The van der Waals surface area contributed by atoms with Crippen molar-refractivity contribution in [3.05, 3.63) is 28.8 Å². The van der Waals surface area contributed by atoms with Gasteiger partial charge in [0, 0.05) is 21.0 Å². The van der Waals surface area contributed by atoms with Gasteiger partial charge in [-0.2, -0.15) is 0 Å². The van der Waals surface area contributed by atoms with Gasteiger partial charge < -0.3 is 0 Å². The smallest absolute Gasteiger partial charge is 0.0499 e. The van der Waals surface area contributed by atoms with E-state index in [4.69, 9.17) is 23.2 Å². The number of thioether (sulfide) groups is 1. The first kappa shape index (κ1) is 11.2. The van der Waals surface area contributed by atoms with E-state index in [1.807, 2.05) is 12.1 Å². The van der Waals surface area contributed by atoms with Crippen LogP contribution in [0.1, 0.15) is 19.4 Å². The first-order valence-electron chi connectivity index (χ1n) is 4.15. The zero-order chi connectivity index (χ0) is 9.84. The molecule has 13 heavy (non-hydrogen) atoms. The van der Waals surface area contributed by atoms with Crippen molar-refractivity contribution in [3.8, 4) is 0 Å². The predicted octanol–water partition coefficient (Wildman–Crippen LogP) is 4.58. The average Bonchev–Trinajstić information content (AvgIpc) is 2.03. The zero-order valence-corrected chi connectivity index (χ0v) is 10.0. The Morgan fingerprint density at radius 1 is 1.38 bits per heavy atom. The van der Waals surface area contributed by atoms with Crippen LogP contribution in [0, 0.1) is 0 Å². The maximum atomic E-state index is 6.02. The Balaban J connectivity index is 2.98. The van der Waals surface area contributed by atoms with Crippen molar-refractivity contribution in [1.29, 1.82) is 0 Å². The van der Waals surface area contributed by atoms with Crippen LogP contribution in [0.4, 0.5) is 0 Å². The third-order valence-corrected chi connectivity index (χ3v) is 3.30. The molecule has 0 N–H and O–H groups in total. The molecule has 0 amide bonds. The molecule has 0 heterocycles. The van der Waals surface area contributed by atoms with Crippen LogP contribution in [0.15, 0.2) is 23.1 Å². The molecule has 0 aromatic heterocycles. The second-order valence-electron chi connectivity index (χ2n) is 3.02. The standard InChI is InChI=1S/C10H12Cl2S/c1-7(2)13-10-5-3-4-9(12)8(10)6-11/h3-5,7H,6H2,1-2H3. The summed E-state index contributed by atoms with van der Waals surface area (Å²) in [5.74, 6) is 0.481. The fraction of sp³-hybridized carbons (Fsp3) is 0.400. The molecule has 0 atom stereocenters. The minimum Gasteiger partial charge on any atom is -0.123 e. The lowest BCUT2D eigenvalue weighted by molar-refractivity contribution is 1.10. The average molecular weight is 235 g/mol. The molecule has 1 rings (SSSR count). The number of rotatable bonds is 3. The third kappa shape index (κ3) is 3.08. The van der Waals surface area contributed by atoms with E-state index in [9.17, 15) is 0 Å². The van der Waals surface area contributed by atoms with Gasteiger partial charge in [0.15, 0.2) is 0 Å². The molecule has 1 aromatic rings. The number of benzene rings is 1. The highest BCUT2D eigenvalue weighted by molar-refractivity contribution is 8.00. The van der Waals surface area contributed by atoms with Gasteiger partial charge in [-0.15, -0.1) is 23.4 Å². The Hall–Kier alpha value is 0.150. The highest BCUT2D eigenvalue weighted by atomic mass is 35.5. The van der Waals surface area contributed by atoms with Crippen molar-refractivity contribution in [2.45, 2.75) is 29.9 Å². The van der Waals surface area contributed by atoms with Crippen LogP contribution in [0.25, 0.3) is 0 Å². The Bertz CT molecular complexity index is 284. The summed E-state index contributed by atoms with van der Waals surface area (Å²) in [6.07, 6.45) is 0. The number of hydrogen-bond donors (Lipinski definition) is 0. The lowest BCUT2D eigenvalue weighted by Crippen LogP contribution is -1.91. The van der Waals surface area contributed by atoms with Crippen molar-refractivity contribution < 1.29 is 0 Å². The third-order valence-electron chi connectivity index (χ3n) is 1.57. The molecule has 72 valence electrons. The molecule has 1 aromatic carbocycles. The highest BCUT2D eigenvalue weighted by Crippen LogP contribution is 2.31. The molecular formula is C10H12Cl2S. The zero-order valence-electron chi connectivity index (χ0n) is 7.68. The van der Waals surface area contributed by atoms with Gasteiger partial charge in [0.25, 0.3) is 0 Å². The molecule has 0 spiro atoms. The van der Waals surface area contributed by atoms with E-state index in [1.165, 1.54) is 4.90 Å². The van der Waals surface area contributed by atoms with Gasteiger partial charge in [-0.25, -0.2) is 0 Å². The second-order valence-corrected chi connectivity index (χ2v) is 5.31. The summed E-state index contributed by atoms with van der Waals surface area (Å²) in [6, 6.07) is 5.90. The second kappa shape index (κ2) is 5.14. The molecule has 0 aliphatic carbocycles. The van der Waals surface area contributed by atoms with Crippen molar-refractivity contribution >= 4 is 35.0 Å². The predicted molar refractivity (Wildman–Crippen MR) is 62.0 cm³/mol. The van der Waals surface area contributed by atoms with Gasteiger partial charge in [-0.05, 0) is 17.7 Å². The summed E-state index contributed by atoms with van der Waals surface area (Å²) in [7, 11) is 0. The van der Waals surface area contributed by atoms with E-state index in [1.54, 1.807) is 11.8 Å². The first-order chi connectivity index (χ1) is 6.15. The van der Waals surface area contributed by atoms with E-state index < -0.39 is 0 Å². The first-order valence-corrected chi connectivity index (χ1v) is 5.94. The van der Waals surface area contributed by atoms with Crippen LogP contribution in [0.5, 0.6) is 0 Å². The molecule has 0 bridgehead atoms. The van der Waals surface area contributed by atoms with Crippen molar-refractivity contribution in [3.63, 3.8) is 0 Å². The van der Waals surface area contributed by atoms with Crippen LogP contribution in [0.3, 0.4) is 0 Å². The summed E-state index contributed by atoms with van der Waals surface area (Å²) < 4.78 is 0. The fourth-order valence-electron chi connectivity index (χ4n) is 1.03. The van der Waals surface area contributed by atoms with E-state index >= 15 is 0 Å². The van der Waals surface area contributed by atoms with E-state index in [0.29, 0.717) is 11.1 Å². The monoisotopic (exact) mass is 234 g/mol. The Labute approximate surface area is 93.6 Å². The van der Waals surface area contributed by atoms with Crippen LogP contribution < -0.4 is 0 Å². The van der Waals surface area contributed by atoms with Gasteiger partial charge in [0.2, 0.25) is 0 Å². The minimum atomic E-state index is 0.481. The SMILES string of the molecule is CC(C)Sc1cccc(Cl)c1CCl. The van der Waals surface area contributed by atoms with E-state index in [-0.39, 0.29) is 0 Å². The maximum Gasteiger partial charge on any atom is 0.0499 e. The molecule has 0 aliphatic heterocycles. The van der Waals surface area contributed by atoms with Gasteiger partial charge >= 0.3 is 0 Å². The van der Waals surface area contributed by atoms with Crippen molar-refractivity contribution in [2.24, 2.45) is 0 Å². The summed E-state index contributed by atoms with van der Waals surface area (Å²) in [4.78, 5) is 1.19. The van der Waals surface area contributed by atoms with Crippen LogP contribution in [0.2, 0.25) is 5.02 Å². The lowest BCUT2D eigenvalue weighted by atomic mass is 10.2. The summed E-state index contributed by atoms with van der Waals surface area (Å²) >= 11 is 13.6. The molecule has 0 radical (unpaired) electrons. The molecule has 0 aliphatic rings. The van der Waals surface area contributed by atoms with Crippen LogP contribution >= 0.6 is 35.0 Å². The van der Waals surface area contributed by atoms with E-state index in [2.05, 4.69) is 19.9 Å². The number of halogens is 2. The molecule has 0 fully saturated rings. The summed E-state index contributed by atoms with van der Waals surface area (Å²) in [5, 5.41) is 1.32. The molecule has 0 saturated heterocycles. The largest absolute Gasteiger partial charge is 0.123 e. The van der Waals surface area contributed by atoms with E-state index in [0.717, 1.165) is 10.6 Å². The molecular weight excluding hydrogens is 223 g/mol. The highest BCUT2D eigenvalue weighted by Gasteiger charge is 2.07. The van der Waals surface area contributed by atoms with Gasteiger partial charge in [0.05, 0.1) is 0 Å². The Morgan fingerprint density at radius 2 is 2.08 bits per heavy atom. The fourth-order valence-corrected chi connectivity index (χ4v) is 2.76. The molecule has 0 unspecified atom stereocenters. The number of alkyl halides is 1. The van der Waals surface area contributed by atoms with Crippen LogP contribution in [-0.4, -0.2) is 5.25 Å². The van der Waals surface area contributed by atoms with Gasteiger partial charge in [0.1, 0.15) is 0 Å². The molecule has 3 heteroatoms. The van der Waals surface area contributed by atoms with Crippen molar-refractivity contribution in [2.75, 3.05) is 0 Å². The van der Waals surface area contributed by atoms with Crippen LogP contribution in [-0.2, 0) is 5.88 Å².